The minimum absolute atomic E-state index is 0.00510. The molecular weight excluding hydrogens is 328 g/mol. The van der Waals surface area contributed by atoms with Crippen molar-refractivity contribution >= 4 is 11.9 Å². The largest absolute Gasteiger partial charge is 0.481 e. The number of ether oxygens (including phenoxy) is 1. The van der Waals surface area contributed by atoms with Crippen LogP contribution in [-0.2, 0) is 14.3 Å². The Morgan fingerprint density at radius 1 is 0.923 bits per heavy atom. The van der Waals surface area contributed by atoms with Crippen LogP contribution in [0.5, 0.6) is 0 Å². The van der Waals surface area contributed by atoms with Gasteiger partial charge in [-0.15, -0.1) is 0 Å². The van der Waals surface area contributed by atoms with Gasteiger partial charge >= 0.3 is 11.9 Å². The molecule has 0 amide bonds. The van der Waals surface area contributed by atoms with E-state index < -0.39 is 5.97 Å². The molecule has 4 fully saturated rings. The number of rotatable bonds is 2. The van der Waals surface area contributed by atoms with E-state index in [1.807, 2.05) is 0 Å². The van der Waals surface area contributed by atoms with Crippen LogP contribution in [0.1, 0.15) is 78.6 Å². The highest BCUT2D eigenvalue weighted by atomic mass is 16.5. The molecule has 0 spiro atoms. The van der Waals surface area contributed by atoms with Crippen molar-refractivity contribution in [1.29, 1.82) is 0 Å². The highest BCUT2D eigenvalue weighted by molar-refractivity contribution is 5.71. The van der Waals surface area contributed by atoms with E-state index in [-0.39, 0.29) is 23.4 Å². The zero-order valence-electron chi connectivity index (χ0n) is 16.5. The molecule has 0 saturated heterocycles. The van der Waals surface area contributed by atoms with Gasteiger partial charge in [-0.1, -0.05) is 13.8 Å². The summed E-state index contributed by atoms with van der Waals surface area (Å²) in [6, 6.07) is 0. The average molecular weight is 363 g/mol. The molecule has 1 N–H and O–H groups in total. The fraction of sp³-hybridized carbons (Fsp3) is 0.909. The third-order valence-corrected chi connectivity index (χ3v) is 9.25. The molecule has 4 nitrogen and oxygen atoms in total. The van der Waals surface area contributed by atoms with E-state index in [2.05, 4.69) is 13.8 Å². The predicted molar refractivity (Wildman–Crippen MR) is 98.4 cm³/mol. The molecule has 4 aliphatic rings. The Bertz CT molecular complexity index is 601. The van der Waals surface area contributed by atoms with E-state index in [9.17, 15) is 14.7 Å². The fourth-order valence-electron chi connectivity index (χ4n) is 7.97. The quantitative estimate of drug-likeness (QED) is 0.726. The molecule has 0 heterocycles. The lowest BCUT2D eigenvalue weighted by Crippen LogP contribution is -2.54. The normalized spacial score (nSPS) is 50.3. The number of carboxylic acid groups (broad SMARTS) is 1. The summed E-state index contributed by atoms with van der Waals surface area (Å²) in [5.74, 6) is 1.81. The second-order valence-electron chi connectivity index (χ2n) is 10.2. The van der Waals surface area contributed by atoms with Crippen molar-refractivity contribution in [3.63, 3.8) is 0 Å². The number of fused-ring (bicyclic) bond motifs is 5. The molecular formula is C22H34O4. The minimum Gasteiger partial charge on any atom is -0.481 e. The molecule has 0 aromatic carbocycles. The Balaban J connectivity index is 1.54. The van der Waals surface area contributed by atoms with Gasteiger partial charge in [-0.2, -0.15) is 0 Å². The smallest absolute Gasteiger partial charge is 0.307 e. The average Bonchev–Trinajstić information content (AvgIpc) is 2.92. The molecule has 0 aromatic heterocycles. The Morgan fingerprint density at radius 2 is 1.62 bits per heavy atom. The molecule has 26 heavy (non-hydrogen) atoms. The van der Waals surface area contributed by atoms with E-state index in [4.69, 9.17) is 4.74 Å². The molecule has 0 aliphatic heterocycles. The van der Waals surface area contributed by atoms with Gasteiger partial charge in [-0.05, 0) is 92.3 Å². The first kappa shape index (κ1) is 18.3. The van der Waals surface area contributed by atoms with Crippen LogP contribution in [0.15, 0.2) is 0 Å². The summed E-state index contributed by atoms with van der Waals surface area (Å²) in [7, 11) is 0. The van der Waals surface area contributed by atoms with Crippen molar-refractivity contribution in [2.45, 2.75) is 84.7 Å². The first-order valence-corrected chi connectivity index (χ1v) is 10.7. The highest BCUT2D eigenvalue weighted by Crippen LogP contribution is 2.67. The first-order valence-electron chi connectivity index (χ1n) is 10.7. The van der Waals surface area contributed by atoms with Gasteiger partial charge in [-0.3, -0.25) is 9.59 Å². The van der Waals surface area contributed by atoms with E-state index >= 15 is 0 Å². The summed E-state index contributed by atoms with van der Waals surface area (Å²) in [6.07, 6.45) is 9.98. The zero-order valence-corrected chi connectivity index (χ0v) is 16.5. The molecule has 0 aromatic rings. The van der Waals surface area contributed by atoms with Gasteiger partial charge in [0.05, 0.1) is 5.92 Å². The van der Waals surface area contributed by atoms with Crippen molar-refractivity contribution in [2.75, 3.05) is 0 Å². The standard InChI is InChI=1S/C22H34O4/c1-13(23)26-15-8-10-21(2)14(12-15)4-5-16-17-6-7-19(20(24)25)22(17,3)11-9-18(16)21/h14-19H,4-12H2,1-3H3,(H,24,25)/t14-,15+,16-,17-,18+,19-,21-,22-/m0/s1. The summed E-state index contributed by atoms with van der Waals surface area (Å²) in [6.45, 7) is 6.28. The maximum absolute atomic E-state index is 11.8. The molecule has 4 aliphatic carbocycles. The Morgan fingerprint density at radius 3 is 2.31 bits per heavy atom. The molecule has 4 rings (SSSR count). The van der Waals surface area contributed by atoms with Gasteiger partial charge < -0.3 is 9.84 Å². The van der Waals surface area contributed by atoms with E-state index in [0.29, 0.717) is 23.2 Å². The number of hydrogen-bond donors (Lipinski definition) is 1. The molecule has 0 bridgehead atoms. The summed E-state index contributed by atoms with van der Waals surface area (Å²) in [5.41, 5.74) is 0.355. The first-order chi connectivity index (χ1) is 12.3. The summed E-state index contributed by atoms with van der Waals surface area (Å²) < 4.78 is 5.54. The van der Waals surface area contributed by atoms with Crippen LogP contribution in [0.2, 0.25) is 0 Å². The molecule has 146 valence electrons. The predicted octanol–water partition coefficient (Wildman–Crippen LogP) is 4.66. The zero-order chi connectivity index (χ0) is 18.7. The van der Waals surface area contributed by atoms with Crippen molar-refractivity contribution in [1.82, 2.24) is 0 Å². The lowest BCUT2D eigenvalue weighted by molar-refractivity contribution is -0.163. The Hall–Kier alpha value is -1.06. The highest BCUT2D eigenvalue weighted by Gasteiger charge is 2.61. The van der Waals surface area contributed by atoms with E-state index in [1.165, 1.54) is 26.2 Å². The van der Waals surface area contributed by atoms with Crippen LogP contribution in [-0.4, -0.2) is 23.1 Å². The summed E-state index contributed by atoms with van der Waals surface area (Å²) >= 11 is 0. The third-order valence-electron chi connectivity index (χ3n) is 9.25. The fourth-order valence-corrected chi connectivity index (χ4v) is 7.97. The van der Waals surface area contributed by atoms with E-state index in [0.717, 1.165) is 44.4 Å². The van der Waals surface area contributed by atoms with Crippen LogP contribution >= 0.6 is 0 Å². The Labute approximate surface area is 157 Å². The van der Waals surface area contributed by atoms with Crippen LogP contribution in [0.4, 0.5) is 0 Å². The molecule has 0 unspecified atom stereocenters. The van der Waals surface area contributed by atoms with Crippen molar-refractivity contribution < 1.29 is 19.4 Å². The van der Waals surface area contributed by atoms with Crippen LogP contribution in [0.25, 0.3) is 0 Å². The lowest BCUT2D eigenvalue weighted by Gasteiger charge is -2.60. The maximum Gasteiger partial charge on any atom is 0.307 e. The van der Waals surface area contributed by atoms with E-state index in [1.54, 1.807) is 0 Å². The van der Waals surface area contributed by atoms with Crippen molar-refractivity contribution in [3.8, 4) is 0 Å². The number of aliphatic carboxylic acids is 1. The van der Waals surface area contributed by atoms with Crippen LogP contribution in [0, 0.1) is 40.4 Å². The summed E-state index contributed by atoms with van der Waals surface area (Å²) in [5, 5.41) is 9.71. The third kappa shape index (κ3) is 2.62. The van der Waals surface area contributed by atoms with Crippen molar-refractivity contribution in [3.05, 3.63) is 0 Å². The maximum atomic E-state index is 11.8. The monoisotopic (exact) mass is 362 g/mol. The molecule has 0 radical (unpaired) electrons. The Kier molecular flexibility index (Phi) is 4.39. The van der Waals surface area contributed by atoms with Crippen molar-refractivity contribution in [2.24, 2.45) is 40.4 Å². The van der Waals surface area contributed by atoms with Gasteiger partial charge in [-0.25, -0.2) is 0 Å². The number of carboxylic acids is 1. The number of esters is 1. The van der Waals surface area contributed by atoms with Gasteiger partial charge in [0.15, 0.2) is 0 Å². The minimum atomic E-state index is -0.574. The number of carbonyl (C=O) groups is 2. The SMILES string of the molecule is CC(=O)O[C@@H]1CC[C@@]2(C)[C@@H](CC[C@@H]3[C@H]2CC[C@]2(C)[C@H](C(=O)O)CC[C@@H]32)C1. The molecule has 4 heteroatoms. The van der Waals surface area contributed by atoms with Crippen LogP contribution < -0.4 is 0 Å². The molecule has 4 saturated carbocycles. The molecule has 8 atom stereocenters. The number of carbonyl (C=O) groups excluding carboxylic acids is 1. The van der Waals surface area contributed by atoms with Gasteiger partial charge in [0.1, 0.15) is 6.10 Å². The second-order valence-corrected chi connectivity index (χ2v) is 10.2. The lowest BCUT2D eigenvalue weighted by atomic mass is 9.44. The topological polar surface area (TPSA) is 63.6 Å². The number of hydrogen-bond acceptors (Lipinski definition) is 3. The second kappa shape index (κ2) is 6.24. The van der Waals surface area contributed by atoms with Gasteiger partial charge in [0.25, 0.3) is 0 Å². The van der Waals surface area contributed by atoms with Gasteiger partial charge in [0, 0.05) is 6.92 Å². The van der Waals surface area contributed by atoms with Gasteiger partial charge in [0.2, 0.25) is 0 Å². The summed E-state index contributed by atoms with van der Waals surface area (Å²) in [4.78, 5) is 23.2. The van der Waals surface area contributed by atoms with Crippen LogP contribution in [0.3, 0.4) is 0 Å².